The summed E-state index contributed by atoms with van der Waals surface area (Å²) in [5.74, 6) is -0.448. The highest BCUT2D eigenvalue weighted by Gasteiger charge is 2.54. The van der Waals surface area contributed by atoms with E-state index in [0.29, 0.717) is 24.6 Å². The van der Waals surface area contributed by atoms with Gasteiger partial charge in [0.15, 0.2) is 11.7 Å². The lowest BCUT2D eigenvalue weighted by Gasteiger charge is -2.53. The monoisotopic (exact) mass is 476 g/mol. The average molecular weight is 477 g/mol. The third kappa shape index (κ3) is 5.23. The predicted molar refractivity (Wildman–Crippen MR) is 128 cm³/mol. The fourth-order valence-corrected chi connectivity index (χ4v) is 7.22. The number of quaternary nitrogens is 1. The highest BCUT2D eigenvalue weighted by molar-refractivity contribution is 7.15. The van der Waals surface area contributed by atoms with Crippen LogP contribution in [-0.2, 0) is 16.0 Å². The Hall–Kier alpha value is -2.02. The maximum absolute atomic E-state index is 12.9. The van der Waals surface area contributed by atoms with Gasteiger partial charge in [-0.05, 0) is 36.5 Å². The molecule has 0 radical (unpaired) electrons. The normalized spacial score (nSPS) is 29.5. The van der Waals surface area contributed by atoms with E-state index in [2.05, 4.69) is 25.2 Å². The van der Waals surface area contributed by atoms with E-state index in [9.17, 15) is 14.7 Å². The van der Waals surface area contributed by atoms with Crippen LogP contribution in [0.1, 0.15) is 56.5 Å². The zero-order chi connectivity index (χ0) is 24.5. The molecular formula is C24H38N5O3S+. The van der Waals surface area contributed by atoms with Crippen LogP contribution in [0.3, 0.4) is 0 Å². The molecular weight excluding hydrogens is 438 g/mol. The zero-order valence-electron chi connectivity index (χ0n) is 20.6. The van der Waals surface area contributed by atoms with Crippen LogP contribution >= 0.6 is 11.3 Å². The van der Waals surface area contributed by atoms with Crippen LogP contribution in [0.5, 0.6) is 0 Å². The molecule has 3 rings (SSSR count). The molecule has 0 bridgehead atoms. The molecule has 182 valence electrons. The maximum atomic E-state index is 12.9. The second-order valence-corrected chi connectivity index (χ2v) is 11.6. The summed E-state index contributed by atoms with van der Waals surface area (Å²) >= 11 is 1.55. The topological polar surface area (TPSA) is 111 Å². The number of nitrogens with zero attached hydrogens (tertiary/aromatic N) is 3. The highest BCUT2D eigenvalue weighted by atomic mass is 32.1. The molecule has 0 aromatic carbocycles. The molecule has 2 aliphatic carbocycles. The van der Waals surface area contributed by atoms with Gasteiger partial charge in [0, 0.05) is 30.3 Å². The summed E-state index contributed by atoms with van der Waals surface area (Å²) in [4.78, 5) is 33.8. The summed E-state index contributed by atoms with van der Waals surface area (Å²) in [5.41, 5.74) is 0.902. The molecule has 1 aromatic rings. The molecule has 9 heteroatoms. The standard InChI is InChI=1S/C24H37N5O3S/c1-14(22(32)29(6)11-7-10-25)16-8-9-24(3)12-17-20(15(2)19(24)21(16)31)27-23(33-17)26-18(30)13-28(4)5/h14-16,19,21,31H,7-9,11-13H2,1-6H3,(H,26,27,30)/p+1/t14-,15-,16+,19+,21-,24-/m0/s1. The van der Waals surface area contributed by atoms with Gasteiger partial charge in [-0.15, -0.1) is 11.3 Å². The van der Waals surface area contributed by atoms with Crippen molar-refractivity contribution >= 4 is 28.3 Å². The van der Waals surface area contributed by atoms with Crippen molar-refractivity contribution in [3.05, 3.63) is 10.6 Å². The van der Waals surface area contributed by atoms with Crippen molar-refractivity contribution in [2.24, 2.45) is 23.2 Å². The molecule has 1 heterocycles. The largest absolute Gasteiger partial charge is 0.392 e. The molecule has 3 N–H and O–H groups in total. The number of carbonyl (C=O) groups is 2. The molecule has 6 atom stereocenters. The fourth-order valence-electron chi connectivity index (χ4n) is 5.94. The van der Waals surface area contributed by atoms with Gasteiger partial charge in [0.25, 0.3) is 5.91 Å². The number of hydrogen-bond donors (Lipinski definition) is 3. The summed E-state index contributed by atoms with van der Waals surface area (Å²) in [6.07, 6.45) is 2.27. The number of aliphatic hydroxyl groups is 1. The van der Waals surface area contributed by atoms with Gasteiger partial charge in [-0.3, -0.25) is 14.9 Å². The van der Waals surface area contributed by atoms with Crippen LogP contribution < -0.4 is 10.2 Å². The van der Waals surface area contributed by atoms with Crippen molar-refractivity contribution in [3.8, 4) is 6.07 Å². The van der Waals surface area contributed by atoms with Crippen molar-refractivity contribution in [2.75, 3.05) is 39.5 Å². The first kappa shape index (κ1) is 25.6. The van der Waals surface area contributed by atoms with Crippen LogP contribution in [-0.4, -0.2) is 67.1 Å². The number of hydrogen-bond acceptors (Lipinski definition) is 6. The van der Waals surface area contributed by atoms with Gasteiger partial charge in [0.2, 0.25) is 5.91 Å². The Bertz CT molecular complexity index is 926. The van der Waals surface area contributed by atoms with Crippen molar-refractivity contribution in [2.45, 2.75) is 58.5 Å². The first-order valence-corrected chi connectivity index (χ1v) is 12.7. The smallest absolute Gasteiger partial charge is 0.281 e. The van der Waals surface area contributed by atoms with E-state index in [1.807, 2.05) is 21.0 Å². The molecule has 1 aromatic heterocycles. The van der Waals surface area contributed by atoms with Gasteiger partial charge in [-0.2, -0.15) is 5.26 Å². The minimum Gasteiger partial charge on any atom is -0.392 e. The maximum Gasteiger partial charge on any atom is 0.281 e. The van der Waals surface area contributed by atoms with Crippen molar-refractivity contribution in [1.29, 1.82) is 5.26 Å². The molecule has 1 saturated carbocycles. The summed E-state index contributed by atoms with van der Waals surface area (Å²) in [6.45, 7) is 7.06. The second kappa shape index (κ2) is 10.1. The van der Waals surface area contributed by atoms with E-state index < -0.39 is 6.10 Å². The molecule has 0 saturated heterocycles. The van der Waals surface area contributed by atoms with Gasteiger partial charge < -0.3 is 14.9 Å². The minimum atomic E-state index is -0.604. The molecule has 8 nitrogen and oxygen atoms in total. The fraction of sp³-hybridized carbons (Fsp3) is 0.750. The number of anilines is 1. The molecule has 2 aliphatic rings. The summed E-state index contributed by atoms with van der Waals surface area (Å²) in [6, 6.07) is 2.08. The molecule has 1 fully saturated rings. The lowest BCUT2D eigenvalue weighted by molar-refractivity contribution is -0.849. The van der Waals surface area contributed by atoms with Crippen LogP contribution in [0.2, 0.25) is 0 Å². The SMILES string of the molecule is C[C@H](C(=O)N(C)CCC#N)[C@H]1CC[C@@]2(C)Cc3sc(NC(=O)C[NH+](C)C)nc3[C@@H](C)[C@@H]2[C@H]1O. The predicted octanol–water partition coefficient (Wildman–Crippen LogP) is 1.29. The highest BCUT2D eigenvalue weighted by Crippen LogP contribution is 2.57. The van der Waals surface area contributed by atoms with Crippen molar-refractivity contribution in [1.82, 2.24) is 9.88 Å². The van der Waals surface area contributed by atoms with Gasteiger partial charge >= 0.3 is 0 Å². The van der Waals surface area contributed by atoms with E-state index in [0.717, 1.165) is 29.9 Å². The third-order valence-electron chi connectivity index (χ3n) is 7.65. The second-order valence-electron chi connectivity index (χ2n) is 10.6. The Kier molecular flexibility index (Phi) is 7.82. The Balaban J connectivity index is 1.78. The Morgan fingerprint density at radius 1 is 1.45 bits per heavy atom. The van der Waals surface area contributed by atoms with Crippen LogP contribution in [0, 0.1) is 34.5 Å². The Morgan fingerprint density at radius 2 is 2.15 bits per heavy atom. The van der Waals surface area contributed by atoms with E-state index in [1.54, 1.807) is 23.3 Å². The lowest BCUT2D eigenvalue weighted by Crippen LogP contribution is -3.06. The number of thiazole rings is 1. The van der Waals surface area contributed by atoms with Gasteiger partial charge in [-0.1, -0.05) is 20.8 Å². The van der Waals surface area contributed by atoms with E-state index in [1.165, 1.54) is 4.88 Å². The zero-order valence-corrected chi connectivity index (χ0v) is 21.5. The number of aliphatic hydroxyl groups excluding tert-OH is 1. The van der Waals surface area contributed by atoms with Gasteiger partial charge in [-0.25, -0.2) is 4.98 Å². The Labute approximate surface area is 201 Å². The average Bonchev–Trinajstić information content (AvgIpc) is 3.12. The van der Waals surface area contributed by atoms with E-state index >= 15 is 0 Å². The number of likely N-dealkylation sites (N-methyl/N-ethyl adjacent to an activating group) is 1. The number of fused-ring (bicyclic) bond motifs is 2. The molecule has 0 aliphatic heterocycles. The number of amides is 2. The summed E-state index contributed by atoms with van der Waals surface area (Å²) in [7, 11) is 5.60. The number of rotatable bonds is 7. The first-order valence-electron chi connectivity index (χ1n) is 11.9. The number of nitriles is 1. The number of aromatic nitrogens is 1. The van der Waals surface area contributed by atoms with Crippen LogP contribution in [0.15, 0.2) is 0 Å². The summed E-state index contributed by atoms with van der Waals surface area (Å²) in [5, 5.41) is 23.9. The van der Waals surface area contributed by atoms with E-state index in [-0.39, 0.29) is 40.9 Å². The molecule has 0 unspecified atom stereocenters. The molecule has 33 heavy (non-hydrogen) atoms. The number of nitrogens with one attached hydrogen (secondary N) is 2. The van der Waals surface area contributed by atoms with E-state index in [4.69, 9.17) is 10.2 Å². The van der Waals surface area contributed by atoms with Crippen LogP contribution in [0.25, 0.3) is 0 Å². The summed E-state index contributed by atoms with van der Waals surface area (Å²) < 4.78 is 0. The first-order chi connectivity index (χ1) is 15.5. The van der Waals surface area contributed by atoms with Gasteiger partial charge in [0.1, 0.15) is 0 Å². The van der Waals surface area contributed by atoms with Gasteiger partial charge in [0.05, 0.1) is 38.4 Å². The van der Waals surface area contributed by atoms with Crippen LogP contribution in [0.4, 0.5) is 5.13 Å². The third-order valence-corrected chi connectivity index (χ3v) is 8.64. The minimum absolute atomic E-state index is 0.000265. The molecule has 2 amide bonds. The van der Waals surface area contributed by atoms with Crippen molar-refractivity contribution < 1.29 is 19.6 Å². The lowest BCUT2D eigenvalue weighted by atomic mass is 9.53. The quantitative estimate of drug-likeness (QED) is 0.549. The Morgan fingerprint density at radius 3 is 2.79 bits per heavy atom. The molecule has 0 spiro atoms. The number of carbonyl (C=O) groups excluding carboxylic acids is 2. The van der Waals surface area contributed by atoms with Crippen molar-refractivity contribution in [3.63, 3.8) is 0 Å².